The predicted octanol–water partition coefficient (Wildman–Crippen LogP) is 2.22. The molecule has 1 aliphatic carbocycles. The van der Waals surface area contributed by atoms with E-state index in [1.807, 2.05) is 30.3 Å². The summed E-state index contributed by atoms with van der Waals surface area (Å²) in [6.07, 6.45) is 5.12. The van der Waals surface area contributed by atoms with Gasteiger partial charge in [0.25, 0.3) is 0 Å². The quantitative estimate of drug-likeness (QED) is 0.874. The van der Waals surface area contributed by atoms with E-state index in [0.29, 0.717) is 6.54 Å². The van der Waals surface area contributed by atoms with Gasteiger partial charge in [-0.25, -0.2) is 0 Å². The molecule has 3 heteroatoms. The van der Waals surface area contributed by atoms with Gasteiger partial charge in [0.1, 0.15) is 0 Å². The molecule has 0 bridgehead atoms. The van der Waals surface area contributed by atoms with E-state index in [2.05, 4.69) is 17.1 Å². The molecule has 0 amide bonds. The number of hydrogen-bond acceptors (Lipinski definition) is 3. The number of pyridine rings is 1. The molecule has 2 unspecified atom stereocenters. The smallest absolute Gasteiger partial charge is 0.0717 e. The molecule has 1 heterocycles. The molecule has 1 fully saturated rings. The monoisotopic (exact) mass is 268 g/mol. The molecular formula is C17H20N2O. The highest BCUT2D eigenvalue weighted by molar-refractivity contribution is 5.35. The van der Waals surface area contributed by atoms with Crippen molar-refractivity contribution in [2.24, 2.45) is 5.73 Å². The minimum Gasteiger partial charge on any atom is -0.392 e. The second-order valence-corrected chi connectivity index (χ2v) is 5.59. The van der Waals surface area contributed by atoms with Crippen molar-refractivity contribution in [2.45, 2.75) is 30.3 Å². The number of aliphatic hydroxyl groups excluding tert-OH is 1. The SMILES string of the molecule is NCC(c1ccncc1)C(O)C1(c2ccccc2)CC1. The van der Waals surface area contributed by atoms with Gasteiger partial charge >= 0.3 is 0 Å². The van der Waals surface area contributed by atoms with Crippen molar-refractivity contribution in [3.05, 3.63) is 66.0 Å². The fourth-order valence-electron chi connectivity index (χ4n) is 3.10. The molecule has 0 aliphatic heterocycles. The zero-order valence-corrected chi connectivity index (χ0v) is 11.4. The minimum absolute atomic E-state index is 0.0410. The van der Waals surface area contributed by atoms with Crippen LogP contribution in [-0.4, -0.2) is 22.7 Å². The first-order valence-electron chi connectivity index (χ1n) is 7.11. The maximum absolute atomic E-state index is 10.9. The summed E-state index contributed by atoms with van der Waals surface area (Å²) in [5.41, 5.74) is 8.10. The van der Waals surface area contributed by atoms with Gasteiger partial charge in [0.15, 0.2) is 0 Å². The van der Waals surface area contributed by atoms with E-state index in [0.717, 1.165) is 18.4 Å². The maximum atomic E-state index is 10.9. The number of benzene rings is 1. The summed E-state index contributed by atoms with van der Waals surface area (Å²) in [4.78, 5) is 4.03. The molecular weight excluding hydrogens is 248 g/mol. The Hall–Kier alpha value is -1.71. The van der Waals surface area contributed by atoms with Gasteiger partial charge in [-0.3, -0.25) is 4.98 Å². The molecule has 3 rings (SSSR count). The summed E-state index contributed by atoms with van der Waals surface area (Å²) in [5, 5.41) is 10.9. The van der Waals surface area contributed by atoms with Gasteiger partial charge in [0.2, 0.25) is 0 Å². The Balaban J connectivity index is 1.90. The minimum atomic E-state index is -0.447. The lowest BCUT2D eigenvalue weighted by atomic mass is 9.80. The van der Waals surface area contributed by atoms with Crippen LogP contribution in [-0.2, 0) is 5.41 Å². The number of nitrogens with two attached hydrogens (primary N) is 1. The predicted molar refractivity (Wildman–Crippen MR) is 79.4 cm³/mol. The van der Waals surface area contributed by atoms with Crippen LogP contribution in [0.3, 0.4) is 0 Å². The van der Waals surface area contributed by atoms with E-state index >= 15 is 0 Å². The highest BCUT2D eigenvalue weighted by Gasteiger charge is 2.52. The second kappa shape index (κ2) is 5.35. The van der Waals surface area contributed by atoms with Gasteiger partial charge in [-0.15, -0.1) is 0 Å². The lowest BCUT2D eigenvalue weighted by Crippen LogP contribution is -2.36. The normalized spacial score (nSPS) is 19.3. The molecule has 104 valence electrons. The van der Waals surface area contributed by atoms with E-state index in [1.165, 1.54) is 5.56 Å². The van der Waals surface area contributed by atoms with Gasteiger partial charge in [-0.05, 0) is 36.1 Å². The third kappa shape index (κ3) is 2.23. The molecule has 0 spiro atoms. The Labute approximate surface area is 119 Å². The Kier molecular flexibility index (Phi) is 3.55. The van der Waals surface area contributed by atoms with E-state index in [1.54, 1.807) is 12.4 Å². The molecule has 2 atom stereocenters. The fourth-order valence-corrected chi connectivity index (χ4v) is 3.10. The molecule has 20 heavy (non-hydrogen) atoms. The van der Waals surface area contributed by atoms with Gasteiger partial charge in [0, 0.05) is 30.3 Å². The first-order valence-corrected chi connectivity index (χ1v) is 7.11. The molecule has 1 saturated carbocycles. The molecule has 1 aromatic heterocycles. The van der Waals surface area contributed by atoms with Crippen LogP contribution in [0.25, 0.3) is 0 Å². The Morgan fingerprint density at radius 1 is 1.10 bits per heavy atom. The Morgan fingerprint density at radius 2 is 1.75 bits per heavy atom. The van der Waals surface area contributed by atoms with Crippen LogP contribution in [0, 0.1) is 0 Å². The third-order valence-electron chi connectivity index (χ3n) is 4.47. The first kappa shape index (κ1) is 13.3. The number of hydrogen-bond donors (Lipinski definition) is 2. The lowest BCUT2D eigenvalue weighted by molar-refractivity contribution is 0.104. The molecule has 3 N–H and O–H groups in total. The molecule has 2 aromatic rings. The number of rotatable bonds is 5. The second-order valence-electron chi connectivity index (χ2n) is 5.59. The number of nitrogens with zero attached hydrogens (tertiary/aromatic N) is 1. The molecule has 1 aromatic carbocycles. The van der Waals surface area contributed by atoms with Crippen LogP contribution in [0.1, 0.15) is 29.9 Å². The summed E-state index contributed by atoms with van der Waals surface area (Å²) >= 11 is 0. The van der Waals surface area contributed by atoms with Crippen molar-refractivity contribution in [1.29, 1.82) is 0 Å². The van der Waals surface area contributed by atoms with Crippen LogP contribution in [0.5, 0.6) is 0 Å². The zero-order valence-electron chi connectivity index (χ0n) is 11.4. The van der Waals surface area contributed by atoms with Crippen molar-refractivity contribution >= 4 is 0 Å². The van der Waals surface area contributed by atoms with Gasteiger partial charge < -0.3 is 10.8 Å². The van der Waals surface area contributed by atoms with Crippen molar-refractivity contribution in [3.8, 4) is 0 Å². The summed E-state index contributed by atoms with van der Waals surface area (Å²) in [6.45, 7) is 0.444. The third-order valence-corrected chi connectivity index (χ3v) is 4.47. The lowest BCUT2D eigenvalue weighted by Gasteiger charge is -2.30. The van der Waals surface area contributed by atoms with Crippen molar-refractivity contribution in [1.82, 2.24) is 4.98 Å². The topological polar surface area (TPSA) is 59.1 Å². The Bertz CT molecular complexity index is 552. The van der Waals surface area contributed by atoms with Gasteiger partial charge in [-0.2, -0.15) is 0 Å². The van der Waals surface area contributed by atoms with E-state index < -0.39 is 6.10 Å². The number of aromatic nitrogens is 1. The summed E-state index contributed by atoms with van der Waals surface area (Å²) in [7, 11) is 0. The summed E-state index contributed by atoms with van der Waals surface area (Å²) in [5.74, 6) is -0.0410. The van der Waals surface area contributed by atoms with Crippen LogP contribution in [0.2, 0.25) is 0 Å². The first-order chi connectivity index (χ1) is 9.78. The highest BCUT2D eigenvalue weighted by Crippen LogP contribution is 2.53. The van der Waals surface area contributed by atoms with Gasteiger partial charge in [-0.1, -0.05) is 30.3 Å². The Morgan fingerprint density at radius 3 is 2.30 bits per heavy atom. The summed E-state index contributed by atoms with van der Waals surface area (Å²) < 4.78 is 0. The van der Waals surface area contributed by atoms with Crippen molar-refractivity contribution in [3.63, 3.8) is 0 Å². The van der Waals surface area contributed by atoms with Gasteiger partial charge in [0.05, 0.1) is 6.10 Å². The maximum Gasteiger partial charge on any atom is 0.0717 e. The molecule has 1 aliphatic rings. The van der Waals surface area contributed by atoms with E-state index in [9.17, 15) is 5.11 Å². The van der Waals surface area contributed by atoms with Crippen LogP contribution in [0.15, 0.2) is 54.9 Å². The molecule has 3 nitrogen and oxygen atoms in total. The van der Waals surface area contributed by atoms with E-state index in [4.69, 9.17) is 5.73 Å². The average molecular weight is 268 g/mol. The largest absolute Gasteiger partial charge is 0.392 e. The zero-order chi connectivity index (χ0) is 14.0. The van der Waals surface area contributed by atoms with Crippen molar-refractivity contribution in [2.75, 3.05) is 6.54 Å². The van der Waals surface area contributed by atoms with Crippen LogP contribution >= 0.6 is 0 Å². The standard InChI is InChI=1S/C17H20N2O/c18-12-15(13-6-10-19-11-7-13)16(20)17(8-9-17)14-4-2-1-3-5-14/h1-7,10-11,15-16,20H,8-9,12,18H2. The molecule has 0 radical (unpaired) electrons. The van der Waals surface area contributed by atoms with Crippen molar-refractivity contribution < 1.29 is 5.11 Å². The summed E-state index contributed by atoms with van der Waals surface area (Å²) in [6, 6.07) is 14.2. The van der Waals surface area contributed by atoms with E-state index in [-0.39, 0.29) is 11.3 Å². The average Bonchev–Trinajstić information content (AvgIpc) is 3.32. The van der Waals surface area contributed by atoms with Crippen LogP contribution < -0.4 is 5.73 Å². The number of aliphatic hydroxyl groups is 1. The molecule has 0 saturated heterocycles. The fraction of sp³-hybridized carbons (Fsp3) is 0.353. The van der Waals surface area contributed by atoms with Crippen LogP contribution in [0.4, 0.5) is 0 Å². The highest BCUT2D eigenvalue weighted by atomic mass is 16.3.